The molecule has 0 bridgehead atoms. The van der Waals surface area contributed by atoms with Crippen molar-refractivity contribution in [3.05, 3.63) is 47.5 Å². The van der Waals surface area contributed by atoms with Crippen LogP contribution in [0.1, 0.15) is 23.2 Å². The van der Waals surface area contributed by atoms with Crippen LogP contribution in [-0.4, -0.2) is 76.3 Å². The number of oxazole rings is 1. The Kier molecular flexibility index (Phi) is 7.64. The van der Waals surface area contributed by atoms with Crippen molar-refractivity contribution in [1.29, 1.82) is 0 Å². The van der Waals surface area contributed by atoms with Gasteiger partial charge in [-0.15, -0.1) is 11.3 Å². The molecule has 1 aromatic carbocycles. The third-order valence-corrected chi connectivity index (χ3v) is 6.78. The topological polar surface area (TPSA) is 113 Å². The highest BCUT2D eigenvalue weighted by Crippen LogP contribution is 2.32. The average Bonchev–Trinajstić information content (AvgIpc) is 3.63. The Hall–Kier alpha value is -3.71. The molecule has 1 amide bonds. The Bertz CT molecular complexity index is 1370. The number of carbonyl (C=O) groups is 2. The minimum atomic E-state index is -5.08. The lowest BCUT2D eigenvalue weighted by molar-refractivity contribution is -0.192. The number of hydrogen-bond donors (Lipinski definition) is 1. The summed E-state index contributed by atoms with van der Waals surface area (Å²) in [5, 5.41) is 14.0. The monoisotopic (exact) mass is 536 g/mol. The number of benzene rings is 1. The van der Waals surface area contributed by atoms with Gasteiger partial charge in [0.25, 0.3) is 5.91 Å². The zero-order valence-corrected chi connectivity index (χ0v) is 20.7. The van der Waals surface area contributed by atoms with Crippen molar-refractivity contribution in [1.82, 2.24) is 19.9 Å². The molecule has 0 spiro atoms. The normalized spacial score (nSPS) is 14.6. The molecule has 1 aliphatic rings. The number of alkyl halides is 3. The largest absolute Gasteiger partial charge is 0.490 e. The van der Waals surface area contributed by atoms with E-state index < -0.39 is 12.1 Å². The molecule has 0 saturated carbocycles. The molecular formula is C24H23F3N4O5S. The summed E-state index contributed by atoms with van der Waals surface area (Å²) in [5.74, 6) is -2.17. The number of carboxylic acids is 1. The number of halogens is 3. The molecule has 3 aromatic heterocycles. The molecule has 1 N–H and O–H groups in total. The molecule has 0 unspecified atom stereocenters. The van der Waals surface area contributed by atoms with E-state index >= 15 is 0 Å². The minimum absolute atomic E-state index is 0.0423. The fourth-order valence-corrected chi connectivity index (χ4v) is 4.58. The van der Waals surface area contributed by atoms with Gasteiger partial charge >= 0.3 is 12.1 Å². The van der Waals surface area contributed by atoms with Crippen molar-refractivity contribution in [3.8, 4) is 22.2 Å². The molecule has 0 aliphatic carbocycles. The molecule has 0 radical (unpaired) electrons. The number of carboxylic acid groups (broad SMARTS) is 1. The summed E-state index contributed by atoms with van der Waals surface area (Å²) in [4.78, 5) is 31.6. The van der Waals surface area contributed by atoms with Crippen LogP contribution in [-0.2, 0) is 4.79 Å². The number of piperidine rings is 1. The number of hydrogen-bond acceptors (Lipinski definition) is 8. The molecule has 37 heavy (non-hydrogen) atoms. The van der Waals surface area contributed by atoms with Crippen LogP contribution in [0, 0.1) is 0 Å². The second kappa shape index (κ2) is 10.7. The predicted molar refractivity (Wildman–Crippen MR) is 129 cm³/mol. The van der Waals surface area contributed by atoms with E-state index in [0.29, 0.717) is 34.5 Å². The van der Waals surface area contributed by atoms with Crippen LogP contribution >= 0.6 is 11.3 Å². The first kappa shape index (κ1) is 26.4. The molecule has 196 valence electrons. The van der Waals surface area contributed by atoms with Gasteiger partial charge in [0.2, 0.25) is 5.89 Å². The van der Waals surface area contributed by atoms with E-state index in [1.165, 1.54) is 0 Å². The van der Waals surface area contributed by atoms with Gasteiger partial charge < -0.3 is 23.8 Å². The Labute approximate surface area is 213 Å². The van der Waals surface area contributed by atoms with Crippen molar-refractivity contribution in [3.63, 3.8) is 0 Å². The van der Waals surface area contributed by atoms with E-state index in [1.54, 1.807) is 29.7 Å². The van der Waals surface area contributed by atoms with Crippen LogP contribution in [0.2, 0.25) is 0 Å². The molecule has 0 atom stereocenters. The third kappa shape index (κ3) is 6.00. The SMILES string of the molecule is CN(C)C1CCN(C(=O)c2ccc3onc(-c4coc(-c5cccs5)n4)c3c2)CC1.O=C(O)C(F)(F)F. The molecule has 1 aliphatic heterocycles. The molecule has 1 saturated heterocycles. The van der Waals surface area contributed by atoms with Crippen LogP contribution in [0.15, 0.2) is 50.9 Å². The zero-order valence-electron chi connectivity index (χ0n) is 19.9. The lowest BCUT2D eigenvalue weighted by Crippen LogP contribution is -2.44. The van der Waals surface area contributed by atoms with Gasteiger partial charge in [0.1, 0.15) is 17.7 Å². The fraction of sp³-hybridized carbons (Fsp3) is 0.333. The van der Waals surface area contributed by atoms with Crippen LogP contribution < -0.4 is 0 Å². The van der Waals surface area contributed by atoms with Crippen molar-refractivity contribution >= 4 is 34.2 Å². The van der Waals surface area contributed by atoms with E-state index in [9.17, 15) is 18.0 Å². The van der Waals surface area contributed by atoms with Crippen molar-refractivity contribution in [2.24, 2.45) is 0 Å². The van der Waals surface area contributed by atoms with Crippen LogP contribution in [0.5, 0.6) is 0 Å². The van der Waals surface area contributed by atoms with E-state index in [0.717, 1.165) is 36.2 Å². The summed E-state index contributed by atoms with van der Waals surface area (Å²) in [5.41, 5.74) is 2.43. The summed E-state index contributed by atoms with van der Waals surface area (Å²) < 4.78 is 42.8. The lowest BCUT2D eigenvalue weighted by Gasteiger charge is -2.35. The summed E-state index contributed by atoms with van der Waals surface area (Å²) in [6, 6.07) is 9.89. The summed E-state index contributed by atoms with van der Waals surface area (Å²) in [7, 11) is 4.19. The summed E-state index contributed by atoms with van der Waals surface area (Å²) in [6.07, 6.45) is -1.53. The van der Waals surface area contributed by atoms with Gasteiger partial charge in [-0.05, 0) is 56.6 Å². The maximum absolute atomic E-state index is 13.1. The Morgan fingerprint density at radius 3 is 2.49 bits per heavy atom. The number of likely N-dealkylation sites (tertiary alicyclic amines) is 1. The van der Waals surface area contributed by atoms with Crippen molar-refractivity contribution in [2.45, 2.75) is 25.1 Å². The highest BCUT2D eigenvalue weighted by atomic mass is 32.1. The molecule has 5 rings (SSSR count). The molecule has 13 heteroatoms. The first-order valence-corrected chi connectivity index (χ1v) is 12.1. The number of thiophene rings is 1. The smallest absolute Gasteiger partial charge is 0.475 e. The predicted octanol–water partition coefficient (Wildman–Crippen LogP) is 5.01. The van der Waals surface area contributed by atoms with Crippen molar-refractivity contribution in [2.75, 3.05) is 27.2 Å². The quantitative estimate of drug-likeness (QED) is 0.387. The molecule has 4 aromatic rings. The van der Waals surface area contributed by atoms with Crippen molar-refractivity contribution < 1.29 is 36.8 Å². The molecule has 4 heterocycles. The molecular weight excluding hydrogens is 513 g/mol. The van der Waals surface area contributed by atoms with Gasteiger partial charge in [-0.25, -0.2) is 9.78 Å². The fourth-order valence-electron chi connectivity index (χ4n) is 3.92. The lowest BCUT2D eigenvalue weighted by atomic mass is 10.0. The Balaban J connectivity index is 0.000000405. The summed E-state index contributed by atoms with van der Waals surface area (Å²) >= 11 is 1.56. The first-order chi connectivity index (χ1) is 17.5. The highest BCUT2D eigenvalue weighted by molar-refractivity contribution is 7.13. The van der Waals surface area contributed by atoms with Gasteiger partial charge in [-0.1, -0.05) is 11.2 Å². The zero-order chi connectivity index (χ0) is 26.7. The standard InChI is InChI=1S/C22H22N4O3S.C2HF3O2/c1-25(2)15-7-9-26(10-8-15)22(27)14-5-6-18-16(12-14)20(24-29-18)17-13-28-21(23-17)19-4-3-11-30-19;3-2(4,5)1(6)7/h3-6,11-13,15H,7-10H2,1-2H3;(H,6,7). The van der Waals surface area contributed by atoms with Gasteiger partial charge in [-0.3, -0.25) is 4.79 Å². The first-order valence-electron chi connectivity index (χ1n) is 11.2. The Morgan fingerprint density at radius 2 is 1.89 bits per heavy atom. The van der Waals surface area contributed by atoms with E-state index in [-0.39, 0.29) is 5.91 Å². The van der Waals surface area contributed by atoms with Gasteiger partial charge in [0.15, 0.2) is 5.58 Å². The highest BCUT2D eigenvalue weighted by Gasteiger charge is 2.38. The molecule has 9 nitrogen and oxygen atoms in total. The average molecular weight is 537 g/mol. The maximum atomic E-state index is 13.1. The second-order valence-electron chi connectivity index (χ2n) is 8.55. The maximum Gasteiger partial charge on any atom is 0.490 e. The second-order valence-corrected chi connectivity index (χ2v) is 9.49. The van der Waals surface area contributed by atoms with E-state index in [1.807, 2.05) is 28.5 Å². The van der Waals surface area contributed by atoms with Gasteiger partial charge in [0, 0.05) is 24.7 Å². The number of aromatic nitrogens is 2. The number of aliphatic carboxylic acids is 1. The number of nitrogens with zero attached hydrogens (tertiary/aromatic N) is 4. The summed E-state index contributed by atoms with van der Waals surface area (Å²) in [6.45, 7) is 1.54. The van der Waals surface area contributed by atoms with Crippen LogP contribution in [0.25, 0.3) is 33.1 Å². The van der Waals surface area contributed by atoms with E-state index in [2.05, 4.69) is 29.1 Å². The van der Waals surface area contributed by atoms with Crippen LogP contribution in [0.4, 0.5) is 13.2 Å². The van der Waals surface area contributed by atoms with Gasteiger partial charge in [0.05, 0.1) is 10.3 Å². The number of rotatable bonds is 4. The Morgan fingerprint density at radius 1 is 1.19 bits per heavy atom. The number of fused-ring (bicyclic) bond motifs is 1. The third-order valence-electron chi connectivity index (χ3n) is 5.92. The van der Waals surface area contributed by atoms with Crippen LogP contribution in [0.3, 0.4) is 0 Å². The number of amides is 1. The minimum Gasteiger partial charge on any atom is -0.475 e. The number of carbonyl (C=O) groups excluding carboxylic acids is 1. The van der Waals surface area contributed by atoms with E-state index in [4.69, 9.17) is 18.8 Å². The van der Waals surface area contributed by atoms with Gasteiger partial charge in [-0.2, -0.15) is 13.2 Å². The molecule has 1 fully saturated rings.